The van der Waals surface area contributed by atoms with Gasteiger partial charge in [0.25, 0.3) is 0 Å². The summed E-state index contributed by atoms with van der Waals surface area (Å²) in [6, 6.07) is 1.79. The summed E-state index contributed by atoms with van der Waals surface area (Å²) in [6.07, 6.45) is 2.29. The van der Waals surface area contributed by atoms with Crippen LogP contribution in [0, 0.1) is 0 Å². The minimum Gasteiger partial charge on any atom is -0.368 e. The van der Waals surface area contributed by atoms with E-state index in [0.29, 0.717) is 11.8 Å². The van der Waals surface area contributed by atoms with Gasteiger partial charge < -0.3 is 10.3 Å². The summed E-state index contributed by atoms with van der Waals surface area (Å²) in [5, 5.41) is 3.83. The van der Waals surface area contributed by atoms with E-state index >= 15 is 0 Å². The summed E-state index contributed by atoms with van der Waals surface area (Å²) in [5.74, 6) is 0.865. The van der Waals surface area contributed by atoms with E-state index in [1.54, 1.807) is 6.07 Å². The average molecular weight is 154 g/mol. The van der Waals surface area contributed by atoms with E-state index in [2.05, 4.69) is 19.0 Å². The quantitative estimate of drug-likeness (QED) is 0.725. The van der Waals surface area contributed by atoms with E-state index in [4.69, 9.17) is 10.3 Å². The molecular formula is C8H14N2O. The highest BCUT2D eigenvalue weighted by Gasteiger charge is 2.08. The molecule has 0 unspecified atom stereocenters. The third-order valence-electron chi connectivity index (χ3n) is 1.77. The zero-order valence-electron chi connectivity index (χ0n) is 7.00. The number of nitrogens with zero attached hydrogens (tertiary/aromatic N) is 1. The zero-order chi connectivity index (χ0) is 8.27. The van der Waals surface area contributed by atoms with Gasteiger partial charge in [0.1, 0.15) is 0 Å². The van der Waals surface area contributed by atoms with Crippen LogP contribution in [0.3, 0.4) is 0 Å². The van der Waals surface area contributed by atoms with Crippen molar-refractivity contribution in [3.63, 3.8) is 0 Å². The minimum absolute atomic E-state index is 0.406. The first-order chi connectivity index (χ1) is 5.24. The number of nitrogen functional groups attached to an aromatic ring is 1. The van der Waals surface area contributed by atoms with Gasteiger partial charge in [-0.15, -0.1) is 0 Å². The van der Waals surface area contributed by atoms with Crippen molar-refractivity contribution in [2.75, 3.05) is 5.73 Å². The van der Waals surface area contributed by atoms with Crippen LogP contribution in [0.1, 0.15) is 38.3 Å². The SMILES string of the molecule is CCC[C@H](C)c1cc(N)on1. The first-order valence-corrected chi connectivity index (χ1v) is 3.96. The number of hydrogen-bond acceptors (Lipinski definition) is 3. The van der Waals surface area contributed by atoms with Gasteiger partial charge in [-0.3, -0.25) is 0 Å². The number of hydrogen-bond donors (Lipinski definition) is 1. The summed E-state index contributed by atoms with van der Waals surface area (Å²) in [4.78, 5) is 0. The predicted octanol–water partition coefficient (Wildman–Crippen LogP) is 2.16. The Morgan fingerprint density at radius 2 is 2.45 bits per heavy atom. The third kappa shape index (κ3) is 1.97. The molecule has 0 amide bonds. The second-order valence-corrected chi connectivity index (χ2v) is 2.84. The molecule has 2 N–H and O–H groups in total. The molecule has 0 bridgehead atoms. The molecule has 0 aliphatic heterocycles. The van der Waals surface area contributed by atoms with E-state index in [1.165, 1.54) is 0 Å². The molecule has 62 valence electrons. The Balaban J connectivity index is 2.60. The lowest BCUT2D eigenvalue weighted by atomic mass is 10.0. The van der Waals surface area contributed by atoms with E-state index in [0.717, 1.165) is 18.5 Å². The average Bonchev–Trinajstić information content (AvgIpc) is 2.36. The molecule has 0 radical (unpaired) electrons. The molecule has 1 aromatic heterocycles. The largest absolute Gasteiger partial charge is 0.368 e. The van der Waals surface area contributed by atoms with Gasteiger partial charge in [0, 0.05) is 12.0 Å². The van der Waals surface area contributed by atoms with Crippen molar-refractivity contribution < 1.29 is 4.52 Å². The molecule has 1 aromatic rings. The van der Waals surface area contributed by atoms with Gasteiger partial charge in [0.2, 0.25) is 5.88 Å². The molecule has 0 fully saturated rings. The Morgan fingerprint density at radius 3 is 2.91 bits per heavy atom. The number of rotatable bonds is 3. The minimum atomic E-state index is 0.406. The van der Waals surface area contributed by atoms with Crippen LogP contribution < -0.4 is 5.73 Å². The number of anilines is 1. The molecule has 0 aromatic carbocycles. The van der Waals surface area contributed by atoms with Crippen molar-refractivity contribution in [2.24, 2.45) is 0 Å². The van der Waals surface area contributed by atoms with Crippen LogP contribution in [-0.4, -0.2) is 5.16 Å². The highest BCUT2D eigenvalue weighted by Crippen LogP contribution is 2.20. The standard InChI is InChI=1S/C8H14N2O/c1-3-4-6(2)7-5-8(9)11-10-7/h5-6H,3-4,9H2,1-2H3/t6-/m0/s1. The van der Waals surface area contributed by atoms with E-state index < -0.39 is 0 Å². The van der Waals surface area contributed by atoms with Gasteiger partial charge in [0.05, 0.1) is 5.69 Å². The molecule has 3 heteroatoms. The summed E-state index contributed by atoms with van der Waals surface area (Å²) in [7, 11) is 0. The maximum absolute atomic E-state index is 5.38. The van der Waals surface area contributed by atoms with Crippen molar-refractivity contribution in [3.8, 4) is 0 Å². The van der Waals surface area contributed by atoms with Crippen LogP contribution in [0.15, 0.2) is 10.6 Å². The molecule has 0 saturated carbocycles. The molecule has 0 spiro atoms. The van der Waals surface area contributed by atoms with Crippen LogP contribution >= 0.6 is 0 Å². The Hall–Kier alpha value is -0.990. The topological polar surface area (TPSA) is 52.0 Å². The molecule has 1 atom stereocenters. The van der Waals surface area contributed by atoms with Crippen molar-refractivity contribution in [2.45, 2.75) is 32.6 Å². The molecule has 0 aliphatic carbocycles. The van der Waals surface area contributed by atoms with Crippen molar-refractivity contribution in [3.05, 3.63) is 11.8 Å². The van der Waals surface area contributed by atoms with Crippen LogP contribution in [0.4, 0.5) is 5.88 Å². The van der Waals surface area contributed by atoms with E-state index in [1.807, 2.05) is 0 Å². The maximum Gasteiger partial charge on any atom is 0.222 e. The first kappa shape index (κ1) is 8.11. The van der Waals surface area contributed by atoms with Crippen molar-refractivity contribution in [1.29, 1.82) is 0 Å². The highest BCUT2D eigenvalue weighted by atomic mass is 16.5. The lowest BCUT2D eigenvalue weighted by Crippen LogP contribution is -1.91. The normalized spacial score (nSPS) is 13.3. The zero-order valence-corrected chi connectivity index (χ0v) is 7.00. The fraction of sp³-hybridized carbons (Fsp3) is 0.625. The summed E-state index contributed by atoms with van der Waals surface area (Å²) < 4.78 is 4.76. The monoisotopic (exact) mass is 154 g/mol. The lowest BCUT2D eigenvalue weighted by molar-refractivity contribution is 0.419. The van der Waals surface area contributed by atoms with Gasteiger partial charge in [-0.25, -0.2) is 0 Å². The van der Waals surface area contributed by atoms with Gasteiger partial charge >= 0.3 is 0 Å². The summed E-state index contributed by atoms with van der Waals surface area (Å²) in [6.45, 7) is 4.28. The van der Waals surface area contributed by atoms with Crippen LogP contribution in [0.2, 0.25) is 0 Å². The highest BCUT2D eigenvalue weighted by molar-refractivity contribution is 5.25. The lowest BCUT2D eigenvalue weighted by Gasteiger charge is -2.02. The Morgan fingerprint density at radius 1 is 1.73 bits per heavy atom. The van der Waals surface area contributed by atoms with Gasteiger partial charge in [0.15, 0.2) is 0 Å². The van der Waals surface area contributed by atoms with Crippen molar-refractivity contribution >= 4 is 5.88 Å². The van der Waals surface area contributed by atoms with Crippen LogP contribution in [0.5, 0.6) is 0 Å². The van der Waals surface area contributed by atoms with Gasteiger partial charge in [-0.2, -0.15) is 0 Å². The molecule has 0 saturated heterocycles. The molecule has 11 heavy (non-hydrogen) atoms. The third-order valence-corrected chi connectivity index (χ3v) is 1.77. The van der Waals surface area contributed by atoms with Gasteiger partial charge in [-0.1, -0.05) is 25.4 Å². The smallest absolute Gasteiger partial charge is 0.222 e. The Bertz CT molecular complexity index is 220. The number of aromatic nitrogens is 1. The fourth-order valence-electron chi connectivity index (χ4n) is 1.12. The predicted molar refractivity (Wildman–Crippen MR) is 44.2 cm³/mol. The first-order valence-electron chi connectivity index (χ1n) is 3.96. The second kappa shape index (κ2) is 3.42. The fourth-order valence-corrected chi connectivity index (χ4v) is 1.12. The second-order valence-electron chi connectivity index (χ2n) is 2.84. The Labute approximate surface area is 66.6 Å². The molecule has 0 aliphatic rings. The molecule has 3 nitrogen and oxygen atoms in total. The molecule has 1 heterocycles. The van der Waals surface area contributed by atoms with E-state index in [9.17, 15) is 0 Å². The Kier molecular flexibility index (Phi) is 2.52. The van der Waals surface area contributed by atoms with Crippen LogP contribution in [0.25, 0.3) is 0 Å². The molecule has 1 rings (SSSR count). The summed E-state index contributed by atoms with van der Waals surface area (Å²) >= 11 is 0. The van der Waals surface area contributed by atoms with Crippen molar-refractivity contribution in [1.82, 2.24) is 5.16 Å². The summed E-state index contributed by atoms with van der Waals surface area (Å²) in [5.41, 5.74) is 6.35. The van der Waals surface area contributed by atoms with Crippen LogP contribution in [-0.2, 0) is 0 Å². The molecular weight excluding hydrogens is 140 g/mol. The number of nitrogens with two attached hydrogens (primary N) is 1. The van der Waals surface area contributed by atoms with E-state index in [-0.39, 0.29) is 0 Å². The van der Waals surface area contributed by atoms with Gasteiger partial charge in [-0.05, 0) is 6.42 Å². The maximum atomic E-state index is 5.38.